The highest BCUT2D eigenvalue weighted by atomic mass is 127. The molecule has 0 amide bonds. The molecule has 3 heterocycles. The summed E-state index contributed by atoms with van der Waals surface area (Å²) in [6.07, 6.45) is 1.10. The number of halogens is 4. The van der Waals surface area contributed by atoms with E-state index >= 15 is 0 Å². The Morgan fingerprint density at radius 2 is 2.00 bits per heavy atom. The summed E-state index contributed by atoms with van der Waals surface area (Å²) in [5.74, 6) is 0.532. The number of fused-ring (bicyclic) bond motifs is 1. The molecule has 0 saturated carbocycles. The molecule has 3 aromatic heterocycles. The average molecular weight is 622 g/mol. The quantitative estimate of drug-likeness (QED) is 0.104. The topological polar surface area (TPSA) is 63.8 Å². The fraction of sp³-hybridized carbons (Fsp3) is 0.250. The first-order valence-corrected chi connectivity index (χ1v) is 15.3. The fourth-order valence-electron chi connectivity index (χ4n) is 3.40. The third-order valence-corrected chi connectivity index (χ3v) is 8.24. The van der Waals surface area contributed by atoms with E-state index in [2.05, 4.69) is 20.3 Å². The molecule has 0 radical (unpaired) electrons. The minimum Gasteiger partial charge on any atom is -0.352 e. The van der Waals surface area contributed by atoms with Gasteiger partial charge in [0.05, 0.1) is 23.4 Å². The molecule has 0 aliphatic heterocycles. The maximum atomic E-state index is 13.6. The maximum Gasteiger partial charge on any atom is 0.295 e. The highest BCUT2D eigenvalue weighted by Gasteiger charge is 2.23. The average Bonchev–Trinajstić information content (AvgIpc) is 3.33. The van der Waals surface area contributed by atoms with Crippen molar-refractivity contribution in [2.75, 3.05) is 22.9 Å². The van der Waals surface area contributed by atoms with Gasteiger partial charge in [0.2, 0.25) is 0 Å². The lowest BCUT2D eigenvalue weighted by Gasteiger charge is -2.21. The molecule has 13 heteroatoms. The molecule has 33 heavy (non-hydrogen) atoms. The molecule has 0 aliphatic rings. The number of hydrogen-bond donors (Lipinski definition) is 1. The molecular formula is C20H20ClF2IN7PS. The van der Waals surface area contributed by atoms with E-state index in [0.29, 0.717) is 16.9 Å². The van der Waals surface area contributed by atoms with E-state index in [0.717, 1.165) is 28.5 Å². The van der Waals surface area contributed by atoms with Crippen molar-refractivity contribution in [2.45, 2.75) is 13.3 Å². The van der Waals surface area contributed by atoms with Crippen LogP contribution in [0.4, 0.5) is 25.8 Å². The van der Waals surface area contributed by atoms with Gasteiger partial charge in [-0.05, 0) is 47.2 Å². The summed E-state index contributed by atoms with van der Waals surface area (Å²) in [7, 11) is 3.93. The van der Waals surface area contributed by atoms with Crippen molar-refractivity contribution >= 4 is 80.2 Å². The van der Waals surface area contributed by atoms with Crippen molar-refractivity contribution in [2.24, 2.45) is 7.05 Å². The third-order valence-electron chi connectivity index (χ3n) is 5.25. The van der Waals surface area contributed by atoms with Crippen molar-refractivity contribution in [1.82, 2.24) is 23.9 Å². The largest absolute Gasteiger partial charge is 0.352 e. The van der Waals surface area contributed by atoms with E-state index in [1.54, 1.807) is 18.0 Å². The van der Waals surface area contributed by atoms with Crippen molar-refractivity contribution in [3.8, 4) is 11.4 Å². The fourth-order valence-corrected chi connectivity index (χ4v) is 5.84. The van der Waals surface area contributed by atoms with Gasteiger partial charge in [0, 0.05) is 43.9 Å². The number of benzene rings is 1. The third kappa shape index (κ3) is 4.65. The number of nitrogens with zero attached hydrogens (tertiary/aromatic N) is 6. The lowest BCUT2D eigenvalue weighted by Crippen LogP contribution is -2.09. The van der Waals surface area contributed by atoms with Gasteiger partial charge in [0.1, 0.15) is 16.5 Å². The van der Waals surface area contributed by atoms with Gasteiger partial charge in [-0.15, -0.1) is 0 Å². The Bertz CT molecular complexity index is 1330. The summed E-state index contributed by atoms with van der Waals surface area (Å²) in [6, 6.07) is 7.55. The summed E-state index contributed by atoms with van der Waals surface area (Å²) in [5.41, 5.74) is 4.87. The first-order chi connectivity index (χ1) is 15.7. The molecule has 1 aromatic carbocycles. The molecule has 0 aliphatic carbocycles. The second kappa shape index (κ2) is 9.89. The van der Waals surface area contributed by atoms with Crippen LogP contribution in [0.2, 0.25) is 5.15 Å². The highest BCUT2D eigenvalue weighted by molar-refractivity contribution is 14.2. The first kappa shape index (κ1) is 24.4. The second-order valence-electron chi connectivity index (χ2n) is 7.17. The Kier molecular flexibility index (Phi) is 7.32. The number of imidazole rings is 2. The van der Waals surface area contributed by atoms with Crippen molar-refractivity contribution in [3.63, 3.8) is 0 Å². The van der Waals surface area contributed by atoms with Crippen LogP contribution in [0.1, 0.15) is 17.9 Å². The van der Waals surface area contributed by atoms with Crippen LogP contribution in [0.3, 0.4) is 0 Å². The molecule has 0 fully saturated rings. The van der Waals surface area contributed by atoms with E-state index < -0.39 is 6.43 Å². The van der Waals surface area contributed by atoms with Gasteiger partial charge in [0.25, 0.3) is 6.43 Å². The lowest BCUT2D eigenvalue weighted by atomic mass is 10.1. The highest BCUT2D eigenvalue weighted by Crippen LogP contribution is 2.40. The molecule has 7 nitrogen and oxygen atoms in total. The van der Waals surface area contributed by atoms with Crippen LogP contribution < -0.4 is 9.62 Å². The number of pyridine rings is 1. The van der Waals surface area contributed by atoms with Gasteiger partial charge in [-0.1, -0.05) is 23.5 Å². The molecule has 1 N–H and O–H groups in total. The zero-order chi connectivity index (χ0) is 23.9. The van der Waals surface area contributed by atoms with E-state index in [1.165, 1.54) is 4.34 Å². The molecular weight excluding hydrogens is 602 g/mol. The zero-order valence-electron chi connectivity index (χ0n) is 18.1. The van der Waals surface area contributed by atoms with E-state index in [-0.39, 0.29) is 17.4 Å². The number of aromatic nitrogens is 5. The molecule has 0 saturated heterocycles. The van der Waals surface area contributed by atoms with E-state index in [1.807, 2.05) is 82.6 Å². The van der Waals surface area contributed by atoms with Gasteiger partial charge >= 0.3 is 0 Å². The van der Waals surface area contributed by atoms with Crippen LogP contribution in [0, 0.1) is 6.92 Å². The predicted octanol–water partition coefficient (Wildman–Crippen LogP) is 6.98. The second-order valence-corrected chi connectivity index (χ2v) is 10.5. The SMILES string of the molecule is CSN(C)c1cc(-c2ncc(C)n2C)ccc1Nc1cc(Cl)nc2c1nc(C(F)F)n2PI. The van der Waals surface area contributed by atoms with Crippen LogP contribution in [0.15, 0.2) is 30.5 Å². The zero-order valence-corrected chi connectivity index (χ0v) is 22.8. The van der Waals surface area contributed by atoms with E-state index in [9.17, 15) is 8.78 Å². The number of nitrogens with one attached hydrogen (secondary N) is 1. The van der Waals surface area contributed by atoms with Gasteiger partial charge < -0.3 is 14.2 Å². The molecule has 1 unspecified atom stereocenters. The molecule has 174 valence electrons. The Balaban J connectivity index is 1.84. The van der Waals surface area contributed by atoms with Crippen molar-refractivity contribution < 1.29 is 8.78 Å². The van der Waals surface area contributed by atoms with Crippen molar-refractivity contribution in [3.05, 3.63) is 47.1 Å². The van der Waals surface area contributed by atoms with Crippen LogP contribution in [0.5, 0.6) is 0 Å². The number of aryl methyl sites for hydroxylation is 1. The molecule has 1 atom stereocenters. The van der Waals surface area contributed by atoms with Crippen molar-refractivity contribution in [1.29, 1.82) is 0 Å². The Hall–Kier alpha value is -1.69. The lowest BCUT2D eigenvalue weighted by molar-refractivity contribution is 0.140. The van der Waals surface area contributed by atoms with Crippen LogP contribution >= 0.6 is 52.0 Å². The number of anilines is 3. The molecule has 4 rings (SSSR count). The standard InChI is InChI=1S/C20H20ClF2IN7PS/c1-10-9-25-18(29(10)2)11-5-6-12(14(7-11)30(3)33-4)26-13-8-15(21)27-19-16(13)28-20(17(22)23)31(19)32-24/h5-9,17,32H,1-4H3,(H,26,27). The monoisotopic (exact) mass is 621 g/mol. The summed E-state index contributed by atoms with van der Waals surface area (Å²) in [6.45, 7) is 2.00. The number of hydrogen-bond acceptors (Lipinski definition) is 6. The maximum absolute atomic E-state index is 13.6. The molecule has 4 aromatic rings. The van der Waals surface area contributed by atoms with Gasteiger partial charge in [-0.3, -0.25) is 4.34 Å². The summed E-state index contributed by atoms with van der Waals surface area (Å²) < 4.78 is 32.6. The van der Waals surface area contributed by atoms with Crippen LogP contribution in [0.25, 0.3) is 22.6 Å². The smallest absolute Gasteiger partial charge is 0.295 e. The molecule has 0 bridgehead atoms. The minimum atomic E-state index is -2.72. The Morgan fingerprint density at radius 1 is 1.24 bits per heavy atom. The number of rotatable bonds is 7. The summed E-state index contributed by atoms with van der Waals surface area (Å²) >= 11 is 9.84. The van der Waals surface area contributed by atoms with Crippen LogP contribution in [-0.2, 0) is 7.05 Å². The van der Waals surface area contributed by atoms with Gasteiger partial charge in [0.15, 0.2) is 11.5 Å². The summed E-state index contributed by atoms with van der Waals surface area (Å²) in [5, 5.41) is 3.54. The van der Waals surface area contributed by atoms with Gasteiger partial charge in [-0.2, -0.15) is 0 Å². The Labute approximate surface area is 213 Å². The van der Waals surface area contributed by atoms with Gasteiger partial charge in [-0.25, -0.2) is 23.7 Å². The van der Waals surface area contributed by atoms with E-state index in [4.69, 9.17) is 11.6 Å². The summed E-state index contributed by atoms with van der Waals surface area (Å²) in [4.78, 5) is 13.0. The minimum absolute atomic E-state index is 0.0115. The predicted molar refractivity (Wildman–Crippen MR) is 144 cm³/mol. The molecule has 0 spiro atoms. The number of alkyl halides is 2. The van der Waals surface area contributed by atoms with Crippen LogP contribution in [-0.4, -0.2) is 37.2 Å². The first-order valence-electron chi connectivity index (χ1n) is 9.66. The normalized spacial score (nSPS) is 11.9. The Morgan fingerprint density at radius 3 is 2.61 bits per heavy atom.